The van der Waals surface area contributed by atoms with Gasteiger partial charge in [0.25, 0.3) is 0 Å². The second-order valence-corrected chi connectivity index (χ2v) is 6.31. The molecule has 0 aromatic heterocycles. The second kappa shape index (κ2) is 5.71. The smallest absolute Gasteiger partial charge is 0.307 e. The summed E-state index contributed by atoms with van der Waals surface area (Å²) in [4.78, 5) is 24.3. The number of hydrogen-bond acceptors (Lipinski definition) is 3. The maximum atomic E-state index is 13.6. The fraction of sp³-hybridized carbons (Fsp3) is 0.529. The minimum absolute atomic E-state index is 0.111. The average Bonchev–Trinajstić information content (AvgIpc) is 2.80. The molecule has 1 N–H and O–H groups in total. The van der Waals surface area contributed by atoms with Crippen molar-refractivity contribution in [3.63, 3.8) is 0 Å². The van der Waals surface area contributed by atoms with Gasteiger partial charge < -0.3 is 10.1 Å². The number of halogens is 1. The van der Waals surface area contributed by atoms with Crippen molar-refractivity contribution >= 4 is 17.6 Å². The molecule has 1 aromatic carbocycles. The Bertz CT molecular complexity index is 608. The fourth-order valence-electron chi connectivity index (χ4n) is 3.52. The van der Waals surface area contributed by atoms with Gasteiger partial charge in [0.05, 0.1) is 12.3 Å². The normalized spacial score (nSPS) is 23.4. The second-order valence-electron chi connectivity index (χ2n) is 6.31. The molecule has 1 saturated heterocycles. The monoisotopic (exact) mass is 305 g/mol. The van der Waals surface area contributed by atoms with E-state index in [4.69, 9.17) is 4.74 Å². The molecule has 5 heteroatoms. The molecule has 118 valence electrons. The standard InChI is InChI=1S/C17H20FNO3/c1-11-5-6-12(9-14(11)18)19-16(21)13-10-15(20)22-17(13)7-3-2-4-8-17/h5-6,9,13H,2-4,7-8,10H2,1H3,(H,19,21)/t13-/m1/s1. The van der Waals surface area contributed by atoms with Gasteiger partial charge in [0.15, 0.2) is 0 Å². The molecule has 1 saturated carbocycles. The van der Waals surface area contributed by atoms with Gasteiger partial charge in [-0.2, -0.15) is 0 Å². The number of esters is 1. The Balaban J connectivity index is 1.78. The average molecular weight is 305 g/mol. The van der Waals surface area contributed by atoms with Crippen LogP contribution >= 0.6 is 0 Å². The number of benzene rings is 1. The van der Waals surface area contributed by atoms with Crippen LogP contribution in [0.4, 0.5) is 10.1 Å². The molecule has 1 heterocycles. The Labute approximate surface area is 129 Å². The third-order valence-electron chi connectivity index (χ3n) is 4.78. The zero-order chi connectivity index (χ0) is 15.7. The van der Waals surface area contributed by atoms with Gasteiger partial charge in [-0.3, -0.25) is 9.59 Å². The Hall–Kier alpha value is -1.91. The highest BCUT2D eigenvalue weighted by molar-refractivity contribution is 5.97. The van der Waals surface area contributed by atoms with Crippen LogP contribution in [0, 0.1) is 18.7 Å². The number of ether oxygens (including phenoxy) is 1. The van der Waals surface area contributed by atoms with Crippen molar-refractivity contribution in [2.75, 3.05) is 5.32 Å². The summed E-state index contributed by atoms with van der Waals surface area (Å²) >= 11 is 0. The molecule has 1 spiro atoms. The van der Waals surface area contributed by atoms with Crippen molar-refractivity contribution in [1.29, 1.82) is 0 Å². The minimum atomic E-state index is -0.650. The maximum absolute atomic E-state index is 13.6. The van der Waals surface area contributed by atoms with Gasteiger partial charge in [-0.05, 0) is 50.3 Å². The summed E-state index contributed by atoms with van der Waals surface area (Å²) in [6.07, 6.45) is 4.63. The lowest BCUT2D eigenvalue weighted by molar-refractivity contribution is -0.153. The summed E-state index contributed by atoms with van der Waals surface area (Å²) < 4.78 is 19.1. The molecule has 3 rings (SSSR count). The topological polar surface area (TPSA) is 55.4 Å². The summed E-state index contributed by atoms with van der Waals surface area (Å²) in [6.45, 7) is 1.67. The van der Waals surface area contributed by atoms with E-state index in [0.717, 1.165) is 32.1 Å². The summed E-state index contributed by atoms with van der Waals surface area (Å²) in [5.41, 5.74) is 0.294. The van der Waals surface area contributed by atoms with E-state index >= 15 is 0 Å². The molecule has 2 aliphatic rings. The maximum Gasteiger partial charge on any atom is 0.307 e. The molecule has 1 atom stereocenters. The SMILES string of the molecule is Cc1ccc(NC(=O)[C@H]2CC(=O)OC23CCCCC3)cc1F. The third kappa shape index (κ3) is 2.72. The lowest BCUT2D eigenvalue weighted by Crippen LogP contribution is -2.43. The van der Waals surface area contributed by atoms with Gasteiger partial charge in [-0.1, -0.05) is 12.5 Å². The quantitative estimate of drug-likeness (QED) is 0.853. The molecule has 22 heavy (non-hydrogen) atoms. The van der Waals surface area contributed by atoms with Crippen molar-refractivity contribution in [2.24, 2.45) is 5.92 Å². The largest absolute Gasteiger partial charge is 0.458 e. The van der Waals surface area contributed by atoms with Crippen LogP contribution in [0.15, 0.2) is 18.2 Å². The number of amides is 1. The van der Waals surface area contributed by atoms with Gasteiger partial charge in [-0.15, -0.1) is 0 Å². The third-order valence-corrected chi connectivity index (χ3v) is 4.78. The minimum Gasteiger partial charge on any atom is -0.458 e. The summed E-state index contributed by atoms with van der Waals surface area (Å²) in [7, 11) is 0. The number of aryl methyl sites for hydroxylation is 1. The molecule has 2 fully saturated rings. The van der Waals surface area contributed by atoms with Crippen molar-refractivity contribution in [3.05, 3.63) is 29.6 Å². The van der Waals surface area contributed by atoms with E-state index in [2.05, 4.69) is 5.32 Å². The Morgan fingerprint density at radius 3 is 2.73 bits per heavy atom. The first-order valence-electron chi connectivity index (χ1n) is 7.79. The number of carbonyl (C=O) groups is 2. The summed E-state index contributed by atoms with van der Waals surface area (Å²) in [5, 5.41) is 2.73. The van der Waals surface area contributed by atoms with Crippen molar-refractivity contribution in [3.8, 4) is 0 Å². The predicted octanol–water partition coefficient (Wildman–Crippen LogP) is 3.34. The first-order chi connectivity index (χ1) is 10.5. The Morgan fingerprint density at radius 1 is 1.32 bits per heavy atom. The number of nitrogens with one attached hydrogen (secondary N) is 1. The van der Waals surface area contributed by atoms with Gasteiger partial charge in [-0.25, -0.2) is 4.39 Å². The van der Waals surface area contributed by atoms with Gasteiger partial charge >= 0.3 is 5.97 Å². The van der Waals surface area contributed by atoms with Crippen LogP contribution in [-0.4, -0.2) is 17.5 Å². The van der Waals surface area contributed by atoms with E-state index in [1.54, 1.807) is 19.1 Å². The van der Waals surface area contributed by atoms with Crippen LogP contribution in [0.1, 0.15) is 44.1 Å². The number of rotatable bonds is 2. The highest BCUT2D eigenvalue weighted by Gasteiger charge is 2.52. The molecular weight excluding hydrogens is 285 g/mol. The Morgan fingerprint density at radius 2 is 2.05 bits per heavy atom. The molecule has 1 amide bonds. The van der Waals surface area contributed by atoms with Crippen LogP contribution in [0.2, 0.25) is 0 Å². The van der Waals surface area contributed by atoms with Crippen LogP contribution < -0.4 is 5.32 Å². The van der Waals surface area contributed by atoms with Crippen LogP contribution in [0.5, 0.6) is 0 Å². The summed E-state index contributed by atoms with van der Waals surface area (Å²) in [5.74, 6) is -1.40. The number of hydrogen-bond donors (Lipinski definition) is 1. The molecular formula is C17H20FNO3. The first kappa shape index (κ1) is 15.0. The Kier molecular flexibility index (Phi) is 3.89. The van der Waals surface area contributed by atoms with Gasteiger partial charge in [0.2, 0.25) is 5.91 Å². The number of anilines is 1. The zero-order valence-electron chi connectivity index (χ0n) is 12.7. The zero-order valence-corrected chi connectivity index (χ0v) is 12.7. The van der Waals surface area contributed by atoms with E-state index in [1.165, 1.54) is 6.07 Å². The fourth-order valence-corrected chi connectivity index (χ4v) is 3.52. The van der Waals surface area contributed by atoms with Gasteiger partial charge in [0.1, 0.15) is 11.4 Å². The summed E-state index contributed by atoms with van der Waals surface area (Å²) in [6, 6.07) is 4.59. The molecule has 0 bridgehead atoms. The lowest BCUT2D eigenvalue weighted by atomic mass is 9.75. The highest BCUT2D eigenvalue weighted by Crippen LogP contribution is 2.44. The lowest BCUT2D eigenvalue weighted by Gasteiger charge is -2.36. The van der Waals surface area contributed by atoms with Gasteiger partial charge in [0, 0.05) is 5.69 Å². The van der Waals surface area contributed by atoms with Crippen molar-refractivity contribution in [2.45, 2.75) is 51.0 Å². The van der Waals surface area contributed by atoms with E-state index in [9.17, 15) is 14.0 Å². The van der Waals surface area contributed by atoms with E-state index in [0.29, 0.717) is 11.3 Å². The highest BCUT2D eigenvalue weighted by atomic mass is 19.1. The molecule has 0 unspecified atom stereocenters. The van der Waals surface area contributed by atoms with Crippen LogP contribution in [-0.2, 0) is 14.3 Å². The van der Waals surface area contributed by atoms with E-state index in [1.807, 2.05) is 0 Å². The number of carbonyl (C=O) groups excluding carboxylic acids is 2. The molecule has 1 aliphatic heterocycles. The predicted molar refractivity (Wildman–Crippen MR) is 79.8 cm³/mol. The van der Waals surface area contributed by atoms with Crippen molar-refractivity contribution in [1.82, 2.24) is 0 Å². The first-order valence-corrected chi connectivity index (χ1v) is 7.79. The molecule has 4 nitrogen and oxygen atoms in total. The van der Waals surface area contributed by atoms with E-state index in [-0.39, 0.29) is 24.1 Å². The molecule has 0 radical (unpaired) electrons. The van der Waals surface area contributed by atoms with E-state index < -0.39 is 11.5 Å². The van der Waals surface area contributed by atoms with Crippen molar-refractivity contribution < 1.29 is 18.7 Å². The van der Waals surface area contributed by atoms with Crippen LogP contribution in [0.3, 0.4) is 0 Å². The molecule has 1 aliphatic carbocycles. The molecule has 1 aromatic rings. The van der Waals surface area contributed by atoms with Crippen LogP contribution in [0.25, 0.3) is 0 Å².